The van der Waals surface area contributed by atoms with E-state index in [2.05, 4.69) is 39.9 Å². The minimum absolute atomic E-state index is 0.00885. The Morgan fingerprint density at radius 1 is 1.24 bits per heavy atom. The smallest absolute Gasteiger partial charge is 0.266 e. The van der Waals surface area contributed by atoms with Crippen molar-refractivity contribution in [2.24, 2.45) is 0 Å². The number of benzene rings is 2. The van der Waals surface area contributed by atoms with Crippen molar-refractivity contribution in [3.63, 3.8) is 0 Å². The number of rotatable bonds is 2. The average molecular weight is 414 g/mol. The van der Waals surface area contributed by atoms with Crippen LogP contribution in [-0.2, 0) is 4.79 Å². The van der Waals surface area contributed by atoms with Gasteiger partial charge < -0.3 is 10.2 Å². The summed E-state index contributed by atoms with van der Waals surface area (Å²) in [5.41, 5.74) is 3.99. The van der Waals surface area contributed by atoms with Crippen molar-refractivity contribution < 1.29 is 4.79 Å². The number of amides is 1. The summed E-state index contributed by atoms with van der Waals surface area (Å²) < 4.78 is 0.913. The summed E-state index contributed by atoms with van der Waals surface area (Å²) in [6.45, 7) is 4.03. The molecule has 0 aromatic heterocycles. The molecule has 3 rings (SSSR count). The lowest BCUT2D eigenvalue weighted by atomic mass is 10.0. The van der Waals surface area contributed by atoms with Crippen LogP contribution in [0.15, 0.2) is 57.5 Å². The Hall–Kier alpha value is -2.23. The highest BCUT2D eigenvalue weighted by Gasteiger charge is 2.34. The number of nitrogens with one attached hydrogen (secondary N) is 1. The first kappa shape index (κ1) is 17.6. The second-order valence-corrected chi connectivity index (χ2v) is 7.24. The maximum absolute atomic E-state index is 12.3. The maximum atomic E-state index is 12.3. The molecule has 126 valence electrons. The van der Waals surface area contributed by atoms with E-state index in [1.165, 1.54) is 0 Å². The van der Waals surface area contributed by atoms with Crippen molar-refractivity contribution in [1.82, 2.24) is 5.32 Å². The SMILES string of the molecule is Cc1ccc(N2C(S)=C(C#N)C(=O)NC2c2cccc(Br)c2)c(C)c1. The van der Waals surface area contributed by atoms with E-state index < -0.39 is 12.1 Å². The zero-order chi connectivity index (χ0) is 18.1. The van der Waals surface area contributed by atoms with Crippen LogP contribution in [0.1, 0.15) is 22.9 Å². The molecule has 0 saturated carbocycles. The van der Waals surface area contributed by atoms with E-state index in [-0.39, 0.29) is 5.57 Å². The summed E-state index contributed by atoms with van der Waals surface area (Å²) in [7, 11) is 0. The summed E-state index contributed by atoms with van der Waals surface area (Å²) in [4.78, 5) is 14.2. The predicted octanol–water partition coefficient (Wildman–Crippen LogP) is 4.37. The monoisotopic (exact) mass is 413 g/mol. The Balaban J connectivity index is 2.21. The van der Waals surface area contributed by atoms with E-state index in [1.54, 1.807) is 0 Å². The number of halogens is 1. The van der Waals surface area contributed by atoms with Crippen molar-refractivity contribution in [3.8, 4) is 6.07 Å². The molecule has 0 spiro atoms. The van der Waals surface area contributed by atoms with Gasteiger partial charge in [-0.05, 0) is 43.2 Å². The number of hydrogen-bond acceptors (Lipinski definition) is 4. The maximum Gasteiger partial charge on any atom is 0.266 e. The molecule has 0 radical (unpaired) electrons. The van der Waals surface area contributed by atoms with Crippen LogP contribution in [0.25, 0.3) is 0 Å². The van der Waals surface area contributed by atoms with Gasteiger partial charge in [-0.1, -0.05) is 45.8 Å². The van der Waals surface area contributed by atoms with E-state index >= 15 is 0 Å². The van der Waals surface area contributed by atoms with Crippen molar-refractivity contribution in [3.05, 3.63) is 74.2 Å². The third kappa shape index (κ3) is 3.30. The highest BCUT2D eigenvalue weighted by Crippen LogP contribution is 2.38. The first-order chi connectivity index (χ1) is 11.9. The van der Waals surface area contributed by atoms with Crippen molar-refractivity contribution in [2.45, 2.75) is 20.0 Å². The number of hydrogen-bond donors (Lipinski definition) is 2. The summed E-state index contributed by atoms with van der Waals surface area (Å²) in [5.74, 6) is -0.418. The largest absolute Gasteiger partial charge is 0.327 e. The number of nitriles is 1. The lowest BCUT2D eigenvalue weighted by Crippen LogP contribution is -2.46. The van der Waals surface area contributed by atoms with E-state index in [1.807, 2.05) is 61.2 Å². The molecule has 25 heavy (non-hydrogen) atoms. The lowest BCUT2D eigenvalue weighted by molar-refractivity contribution is -0.118. The Morgan fingerprint density at radius 2 is 2.00 bits per heavy atom. The van der Waals surface area contributed by atoms with Gasteiger partial charge in [0.25, 0.3) is 5.91 Å². The topological polar surface area (TPSA) is 56.1 Å². The molecule has 2 aromatic rings. The molecular formula is C19H16BrN3OS. The third-order valence-corrected chi connectivity index (χ3v) is 5.03. The molecular weight excluding hydrogens is 398 g/mol. The molecule has 4 nitrogen and oxygen atoms in total. The molecule has 2 aromatic carbocycles. The van der Waals surface area contributed by atoms with Gasteiger partial charge in [0.05, 0.1) is 5.03 Å². The molecule has 1 unspecified atom stereocenters. The third-order valence-electron chi connectivity index (χ3n) is 4.09. The van der Waals surface area contributed by atoms with Crippen LogP contribution in [0, 0.1) is 25.2 Å². The van der Waals surface area contributed by atoms with Gasteiger partial charge in [-0.2, -0.15) is 5.26 Å². The van der Waals surface area contributed by atoms with Crippen LogP contribution in [0.3, 0.4) is 0 Å². The minimum atomic E-state index is -0.448. The first-order valence-corrected chi connectivity index (χ1v) is 8.92. The number of anilines is 1. The van der Waals surface area contributed by atoms with Crippen LogP contribution >= 0.6 is 28.6 Å². The fraction of sp³-hybridized carbons (Fsp3) is 0.158. The Morgan fingerprint density at radius 3 is 2.64 bits per heavy atom. The van der Waals surface area contributed by atoms with E-state index in [0.717, 1.165) is 26.9 Å². The molecule has 1 N–H and O–H groups in total. The second kappa shape index (κ2) is 6.95. The first-order valence-electron chi connectivity index (χ1n) is 7.68. The Bertz CT molecular complexity index is 933. The zero-order valence-corrected chi connectivity index (χ0v) is 16.2. The zero-order valence-electron chi connectivity index (χ0n) is 13.7. The molecule has 1 amide bonds. The van der Waals surface area contributed by atoms with Gasteiger partial charge in [-0.3, -0.25) is 4.79 Å². The van der Waals surface area contributed by atoms with Gasteiger partial charge >= 0.3 is 0 Å². The molecule has 0 aliphatic carbocycles. The Labute approximate surface area is 160 Å². The fourth-order valence-electron chi connectivity index (χ4n) is 2.94. The van der Waals surface area contributed by atoms with Gasteiger partial charge in [0.15, 0.2) is 0 Å². The second-order valence-electron chi connectivity index (χ2n) is 5.90. The standard InChI is InChI=1S/C19H16BrN3OS/c1-11-6-7-16(12(2)8-11)23-17(13-4-3-5-14(20)9-13)22-18(24)15(10-21)19(23)25/h3-9,17,25H,1-2H3,(H,22,24). The number of carbonyl (C=O) groups is 1. The van der Waals surface area contributed by atoms with Crippen LogP contribution in [-0.4, -0.2) is 5.91 Å². The molecule has 0 bridgehead atoms. The molecule has 6 heteroatoms. The van der Waals surface area contributed by atoms with E-state index in [0.29, 0.717) is 5.03 Å². The van der Waals surface area contributed by atoms with Gasteiger partial charge in [0.2, 0.25) is 0 Å². The fourth-order valence-corrected chi connectivity index (χ4v) is 3.74. The molecule has 0 fully saturated rings. The van der Waals surface area contributed by atoms with Crippen molar-refractivity contribution in [2.75, 3.05) is 4.90 Å². The molecule has 1 heterocycles. The van der Waals surface area contributed by atoms with Crippen molar-refractivity contribution in [1.29, 1.82) is 5.26 Å². The number of nitrogens with zero attached hydrogens (tertiary/aromatic N) is 2. The van der Waals surface area contributed by atoms with E-state index in [4.69, 9.17) is 0 Å². The summed E-state index contributed by atoms with van der Waals surface area (Å²) in [5, 5.41) is 12.6. The normalized spacial score (nSPS) is 17.3. The van der Waals surface area contributed by atoms with Crippen LogP contribution in [0.5, 0.6) is 0 Å². The van der Waals surface area contributed by atoms with Gasteiger partial charge in [0.1, 0.15) is 17.8 Å². The van der Waals surface area contributed by atoms with Gasteiger partial charge in [0, 0.05) is 10.2 Å². The Kier molecular flexibility index (Phi) is 4.89. The molecule has 0 saturated heterocycles. The van der Waals surface area contributed by atoms with Crippen molar-refractivity contribution >= 4 is 40.2 Å². The molecule has 1 aliphatic rings. The average Bonchev–Trinajstić information content (AvgIpc) is 2.56. The van der Waals surface area contributed by atoms with Gasteiger partial charge in [-0.25, -0.2) is 0 Å². The number of aryl methyl sites for hydroxylation is 2. The quantitative estimate of drug-likeness (QED) is 0.718. The summed E-state index contributed by atoms with van der Waals surface area (Å²) in [6.07, 6.45) is -0.448. The van der Waals surface area contributed by atoms with Crippen LogP contribution in [0.2, 0.25) is 0 Å². The summed E-state index contributed by atoms with van der Waals surface area (Å²) in [6, 6.07) is 15.7. The van der Waals surface area contributed by atoms with Crippen LogP contribution < -0.4 is 10.2 Å². The van der Waals surface area contributed by atoms with Crippen LogP contribution in [0.4, 0.5) is 5.69 Å². The highest BCUT2D eigenvalue weighted by atomic mass is 79.9. The highest BCUT2D eigenvalue weighted by molar-refractivity contribution is 9.10. The van der Waals surface area contributed by atoms with E-state index in [9.17, 15) is 10.1 Å². The number of thiol groups is 1. The molecule has 1 aliphatic heterocycles. The minimum Gasteiger partial charge on any atom is -0.327 e. The number of carbonyl (C=O) groups excluding carboxylic acids is 1. The predicted molar refractivity (Wildman–Crippen MR) is 105 cm³/mol. The van der Waals surface area contributed by atoms with Gasteiger partial charge in [-0.15, -0.1) is 12.6 Å². The lowest BCUT2D eigenvalue weighted by Gasteiger charge is -2.38. The summed E-state index contributed by atoms with van der Waals surface area (Å²) >= 11 is 7.99. The molecule has 1 atom stereocenters.